The maximum Gasteiger partial charge on any atom is 0.242 e. The Morgan fingerprint density at radius 1 is 1.50 bits per heavy atom. The topological polar surface area (TPSA) is 67.4 Å². The smallest absolute Gasteiger partial charge is 0.242 e. The summed E-state index contributed by atoms with van der Waals surface area (Å²) in [5.74, 6) is 0. The van der Waals surface area contributed by atoms with Gasteiger partial charge in [-0.2, -0.15) is 0 Å². The van der Waals surface area contributed by atoms with Crippen LogP contribution in [0.15, 0.2) is 14.7 Å². The fraction of sp³-hybridized carbons (Fsp3) is 0.667. The van der Waals surface area contributed by atoms with Gasteiger partial charge >= 0.3 is 0 Å². The highest BCUT2D eigenvalue weighted by Crippen LogP contribution is 2.33. The second-order valence-electron chi connectivity index (χ2n) is 4.75. The van der Waals surface area contributed by atoms with Gasteiger partial charge in [-0.3, -0.25) is 0 Å². The van der Waals surface area contributed by atoms with E-state index in [0.717, 1.165) is 17.7 Å². The average Bonchev–Trinajstić information content (AvgIpc) is 2.69. The minimum Gasteiger partial charge on any atom is -0.378 e. The van der Waals surface area contributed by atoms with Crippen LogP contribution in [0.2, 0.25) is 0 Å². The molecule has 1 fully saturated rings. The molecule has 0 unspecified atom stereocenters. The van der Waals surface area contributed by atoms with Gasteiger partial charge in [0.2, 0.25) is 10.0 Å². The normalized spacial score (nSPS) is 22.8. The second-order valence-corrected chi connectivity index (χ2v) is 8.89. The van der Waals surface area contributed by atoms with Crippen LogP contribution in [0.5, 0.6) is 0 Å². The van der Waals surface area contributed by atoms with E-state index in [-0.39, 0.29) is 12.1 Å². The molecule has 0 aliphatic heterocycles. The molecule has 1 heterocycles. The molecule has 1 aliphatic carbocycles. The molecule has 0 aromatic carbocycles. The SMILES string of the molecule is CCOC1CC(NS(=O)(=O)c2cc(CNC)sc2Br)C1. The number of nitrogens with one attached hydrogen (secondary N) is 2. The van der Waals surface area contributed by atoms with Crippen LogP contribution in [0.3, 0.4) is 0 Å². The van der Waals surface area contributed by atoms with E-state index < -0.39 is 10.0 Å². The minimum absolute atomic E-state index is 0.0175. The van der Waals surface area contributed by atoms with Crippen LogP contribution in [0.1, 0.15) is 24.6 Å². The zero-order valence-corrected chi connectivity index (χ0v) is 14.7. The van der Waals surface area contributed by atoms with Crippen molar-refractivity contribution in [2.24, 2.45) is 0 Å². The fourth-order valence-electron chi connectivity index (χ4n) is 2.16. The van der Waals surface area contributed by atoms with E-state index in [2.05, 4.69) is 26.0 Å². The van der Waals surface area contributed by atoms with Crippen molar-refractivity contribution in [2.75, 3.05) is 13.7 Å². The fourth-order valence-corrected chi connectivity index (χ4v) is 6.12. The molecule has 114 valence electrons. The summed E-state index contributed by atoms with van der Waals surface area (Å²) < 4.78 is 33.5. The summed E-state index contributed by atoms with van der Waals surface area (Å²) in [4.78, 5) is 1.31. The number of halogens is 1. The van der Waals surface area contributed by atoms with Gasteiger partial charge in [-0.1, -0.05) is 0 Å². The molecule has 0 amide bonds. The van der Waals surface area contributed by atoms with Crippen LogP contribution in [-0.2, 0) is 21.3 Å². The van der Waals surface area contributed by atoms with Crippen molar-refractivity contribution in [2.45, 2.75) is 43.4 Å². The Balaban J connectivity index is 2.00. The Bertz CT molecular complexity index is 553. The predicted octanol–water partition coefficient (Wildman–Crippen LogP) is 2.08. The first-order valence-electron chi connectivity index (χ1n) is 6.53. The van der Waals surface area contributed by atoms with Gasteiger partial charge in [0.25, 0.3) is 0 Å². The van der Waals surface area contributed by atoms with Gasteiger partial charge in [-0.15, -0.1) is 11.3 Å². The Morgan fingerprint density at radius 3 is 2.80 bits per heavy atom. The second kappa shape index (κ2) is 6.85. The van der Waals surface area contributed by atoms with Crippen LogP contribution in [-0.4, -0.2) is 34.2 Å². The van der Waals surface area contributed by atoms with Crippen LogP contribution in [0.25, 0.3) is 0 Å². The summed E-state index contributed by atoms with van der Waals surface area (Å²) >= 11 is 4.77. The first-order chi connectivity index (χ1) is 9.46. The third-order valence-electron chi connectivity index (χ3n) is 3.17. The quantitative estimate of drug-likeness (QED) is 0.757. The highest BCUT2D eigenvalue weighted by molar-refractivity contribution is 9.11. The van der Waals surface area contributed by atoms with Gasteiger partial charge in [0.1, 0.15) is 4.90 Å². The molecule has 0 spiro atoms. The van der Waals surface area contributed by atoms with Gasteiger partial charge in [0, 0.05) is 24.1 Å². The molecule has 0 atom stereocenters. The van der Waals surface area contributed by atoms with Crippen molar-refractivity contribution < 1.29 is 13.2 Å². The Labute approximate surface area is 132 Å². The number of hydrogen-bond acceptors (Lipinski definition) is 5. The van der Waals surface area contributed by atoms with E-state index in [9.17, 15) is 8.42 Å². The summed E-state index contributed by atoms with van der Waals surface area (Å²) in [6, 6.07) is 1.70. The molecule has 5 nitrogen and oxygen atoms in total. The van der Waals surface area contributed by atoms with E-state index in [1.54, 1.807) is 6.07 Å². The summed E-state index contributed by atoms with van der Waals surface area (Å²) in [6.07, 6.45) is 1.69. The van der Waals surface area contributed by atoms with E-state index in [1.165, 1.54) is 11.3 Å². The zero-order chi connectivity index (χ0) is 14.8. The molecule has 1 aromatic heterocycles. The summed E-state index contributed by atoms with van der Waals surface area (Å²) in [5, 5.41) is 3.02. The Morgan fingerprint density at radius 2 is 2.20 bits per heavy atom. The van der Waals surface area contributed by atoms with E-state index in [1.807, 2.05) is 14.0 Å². The highest BCUT2D eigenvalue weighted by Gasteiger charge is 2.34. The zero-order valence-electron chi connectivity index (χ0n) is 11.5. The maximum atomic E-state index is 12.3. The first kappa shape index (κ1) is 16.4. The van der Waals surface area contributed by atoms with Crippen molar-refractivity contribution in [3.05, 3.63) is 14.7 Å². The number of sulfonamides is 1. The van der Waals surface area contributed by atoms with Crippen LogP contribution in [0.4, 0.5) is 0 Å². The lowest BCUT2D eigenvalue weighted by atomic mass is 9.90. The maximum absolute atomic E-state index is 12.3. The number of hydrogen-bond donors (Lipinski definition) is 2. The lowest BCUT2D eigenvalue weighted by Gasteiger charge is -2.34. The van der Waals surface area contributed by atoms with Crippen molar-refractivity contribution in [3.8, 4) is 0 Å². The number of ether oxygens (including phenoxy) is 1. The van der Waals surface area contributed by atoms with Gasteiger partial charge in [-0.25, -0.2) is 13.1 Å². The standard InChI is InChI=1S/C12H19BrN2O3S2/c1-3-18-9-4-8(5-9)15-20(16,17)11-6-10(7-14-2)19-12(11)13/h6,8-9,14-15H,3-5,7H2,1-2H3. The predicted molar refractivity (Wildman–Crippen MR) is 83.5 cm³/mol. The molecule has 0 radical (unpaired) electrons. The van der Waals surface area contributed by atoms with Crippen molar-refractivity contribution in [1.82, 2.24) is 10.0 Å². The molecule has 8 heteroatoms. The van der Waals surface area contributed by atoms with Gasteiger partial charge in [-0.05, 0) is 48.8 Å². The average molecular weight is 383 g/mol. The first-order valence-corrected chi connectivity index (χ1v) is 9.62. The lowest BCUT2D eigenvalue weighted by molar-refractivity contribution is -0.00475. The van der Waals surface area contributed by atoms with Crippen LogP contribution in [0, 0.1) is 0 Å². The lowest BCUT2D eigenvalue weighted by Crippen LogP contribution is -2.47. The molecule has 1 saturated carbocycles. The molecular weight excluding hydrogens is 364 g/mol. The molecule has 0 bridgehead atoms. The molecule has 2 rings (SSSR count). The van der Waals surface area contributed by atoms with Crippen LogP contribution >= 0.6 is 27.3 Å². The molecular formula is C12H19BrN2O3S2. The summed E-state index contributed by atoms with van der Waals surface area (Å²) in [5.41, 5.74) is 0. The third kappa shape index (κ3) is 3.80. The summed E-state index contributed by atoms with van der Waals surface area (Å²) in [7, 11) is -1.62. The van der Waals surface area contributed by atoms with E-state index in [4.69, 9.17) is 4.74 Å². The van der Waals surface area contributed by atoms with Gasteiger partial charge in [0.15, 0.2) is 0 Å². The van der Waals surface area contributed by atoms with E-state index in [0.29, 0.717) is 21.8 Å². The highest BCUT2D eigenvalue weighted by atomic mass is 79.9. The number of rotatable bonds is 7. The molecule has 1 aliphatic rings. The summed E-state index contributed by atoms with van der Waals surface area (Å²) in [6.45, 7) is 3.28. The Kier molecular flexibility index (Phi) is 5.61. The van der Waals surface area contributed by atoms with Crippen molar-refractivity contribution in [3.63, 3.8) is 0 Å². The van der Waals surface area contributed by atoms with Crippen LogP contribution < -0.4 is 10.0 Å². The Hall–Kier alpha value is 0.01000. The monoisotopic (exact) mass is 382 g/mol. The van der Waals surface area contributed by atoms with E-state index >= 15 is 0 Å². The molecule has 2 N–H and O–H groups in total. The van der Waals surface area contributed by atoms with Gasteiger partial charge in [0.05, 0.1) is 9.89 Å². The van der Waals surface area contributed by atoms with Gasteiger partial charge < -0.3 is 10.1 Å². The molecule has 0 saturated heterocycles. The van der Waals surface area contributed by atoms with Crippen molar-refractivity contribution >= 4 is 37.3 Å². The largest absolute Gasteiger partial charge is 0.378 e. The number of thiophene rings is 1. The van der Waals surface area contributed by atoms with Crippen molar-refractivity contribution in [1.29, 1.82) is 0 Å². The minimum atomic E-state index is -3.46. The third-order valence-corrected chi connectivity index (χ3v) is 6.94. The molecule has 1 aromatic rings. The molecule has 20 heavy (non-hydrogen) atoms.